The molecule has 72 heavy (non-hydrogen) atoms. The first-order chi connectivity index (χ1) is 29.9. The van der Waals surface area contributed by atoms with Gasteiger partial charge in [-0.05, 0) is 58.8 Å². The standard InChI is InChI=1S/C13H12F9O.C8H6F9O.C5H5BrF3.C5H6F3O.C5H6.Br3P.4Y/c1-9(11(14,15)16)7-3-2-6(4-7)8(9)5-10(23,12(17,18)19)13(20,21)22;1-4(6(9,10)11)2-3-5(18,7(12,13)14)8(15,16)17;1-4(2-3-6)5(7,8)9;1-4(2-3-9)5(6,7)8;1-2-4-5-3-1;1-4(2)3;;;;/h2-3,6-7,23H,4-5H2,1H3;18H,3H2,1H3;3H2,1H3;9H,3H2,1H3;1-4H,5H2;;;;;/q4*-1;;;;;;. The van der Waals surface area contributed by atoms with Gasteiger partial charge in [-0.1, -0.05) is 76.5 Å². The fraction of sp³-hybridized carbons (Fsp3) is 0.639. The van der Waals surface area contributed by atoms with Crippen LogP contribution >= 0.6 is 66.4 Å². The van der Waals surface area contributed by atoms with E-state index in [0.29, 0.717) is 6.92 Å². The van der Waals surface area contributed by atoms with Crippen molar-refractivity contribution in [2.24, 2.45) is 17.3 Å². The molecule has 1 saturated carbocycles. The summed E-state index contributed by atoms with van der Waals surface area (Å²) >= 11 is 12.3. The molecule has 0 aliphatic heterocycles. The maximum absolute atomic E-state index is 13.3. The van der Waals surface area contributed by atoms with Gasteiger partial charge in [0, 0.05) is 131 Å². The SMILES string of the molecule is BrP(Br)Br.C1=CCC=C1.CC(=[C-]CBr)C(F)(F)F.CC(=[C-]CC(O)(C(F)(F)F)C(F)(F)F)C(F)(F)F.CC(=[C-]CO)C(F)(F)F.CC1(C(F)(F)F)[C-](CC(O)(C(F)(F)F)C(F)(F)F)C2C=CC1C2.[Y].[Y].[Y].[Y]. The maximum atomic E-state index is 13.3. The Morgan fingerprint density at radius 3 is 1.12 bits per heavy atom. The van der Waals surface area contributed by atoms with Gasteiger partial charge >= 0.3 is 49.4 Å². The van der Waals surface area contributed by atoms with Crippen LogP contribution in [0.1, 0.15) is 53.4 Å². The van der Waals surface area contributed by atoms with E-state index >= 15 is 0 Å². The molecule has 3 atom stereocenters. The van der Waals surface area contributed by atoms with E-state index in [4.69, 9.17) is 10.2 Å². The molecule has 2 bridgehead atoms. The third-order valence-corrected chi connectivity index (χ3v) is 9.35. The summed E-state index contributed by atoms with van der Waals surface area (Å²) in [5.74, 6) is -3.37. The van der Waals surface area contributed by atoms with Crippen molar-refractivity contribution in [2.45, 2.75) is 114 Å². The van der Waals surface area contributed by atoms with E-state index in [1.54, 1.807) is 6.08 Å². The van der Waals surface area contributed by atoms with Crippen LogP contribution in [0.5, 0.6) is 0 Å². The molecule has 3 unspecified atom stereocenters. The van der Waals surface area contributed by atoms with E-state index in [9.17, 15) is 110 Å². The molecule has 36 heteroatoms. The minimum atomic E-state index is -6.16. The first kappa shape index (κ1) is 89.2. The van der Waals surface area contributed by atoms with Crippen LogP contribution in [-0.4, -0.2) is 87.9 Å². The van der Waals surface area contributed by atoms with Crippen molar-refractivity contribution in [2.75, 3.05) is 11.9 Å². The van der Waals surface area contributed by atoms with Crippen LogP contribution in [-0.2, 0) is 131 Å². The number of hydrogen-bond acceptors (Lipinski definition) is 3. The molecule has 0 aromatic rings. The molecular formula is C36H35Br4F24O3PY4-4. The van der Waals surface area contributed by atoms with E-state index < -0.39 is 120 Å². The van der Waals surface area contributed by atoms with Crippen LogP contribution in [0.2, 0.25) is 0 Å². The van der Waals surface area contributed by atoms with Crippen LogP contribution < -0.4 is 0 Å². The molecule has 0 saturated heterocycles. The van der Waals surface area contributed by atoms with Crippen molar-refractivity contribution >= 4 is 66.4 Å². The summed E-state index contributed by atoms with van der Waals surface area (Å²) in [5.41, 5.74) is -16.6. The first-order valence-electron chi connectivity index (χ1n) is 17.4. The van der Waals surface area contributed by atoms with E-state index in [2.05, 4.69) is 92.8 Å². The molecule has 0 aromatic carbocycles. The van der Waals surface area contributed by atoms with Gasteiger partial charge in [0.25, 0.3) is 0 Å². The van der Waals surface area contributed by atoms with Crippen molar-refractivity contribution in [3.05, 3.63) is 77.3 Å². The summed E-state index contributed by atoms with van der Waals surface area (Å²) in [7, 11) is 0. The molecule has 3 nitrogen and oxygen atoms in total. The van der Waals surface area contributed by atoms with Crippen molar-refractivity contribution < 1.29 is 252 Å². The summed E-state index contributed by atoms with van der Waals surface area (Å²) in [6, 6.07) is 0. The molecule has 1 fully saturated rings. The van der Waals surface area contributed by atoms with Crippen molar-refractivity contribution in [3.8, 4) is 0 Å². The van der Waals surface area contributed by atoms with Gasteiger partial charge in [-0.3, -0.25) is 5.92 Å². The van der Waals surface area contributed by atoms with Crippen LogP contribution in [0.4, 0.5) is 105 Å². The van der Waals surface area contributed by atoms with Gasteiger partial charge in [0.15, 0.2) is 0 Å². The molecule has 414 valence electrons. The predicted molar refractivity (Wildman–Crippen MR) is 214 cm³/mol. The van der Waals surface area contributed by atoms with Gasteiger partial charge in [-0.2, -0.15) is 122 Å². The fourth-order valence-corrected chi connectivity index (χ4v) is 5.31. The third kappa shape index (κ3) is 29.9. The van der Waals surface area contributed by atoms with Crippen molar-refractivity contribution in [1.29, 1.82) is 0 Å². The molecule has 3 rings (SSSR count). The quantitative estimate of drug-likeness (QED) is 0.0817. The van der Waals surface area contributed by atoms with Gasteiger partial charge < -0.3 is 33.5 Å². The number of hydrogen-bond donors (Lipinski definition) is 3. The minimum Gasteiger partial charge on any atom is -0.485 e. The van der Waals surface area contributed by atoms with Crippen LogP contribution in [0.3, 0.4) is 0 Å². The molecule has 0 spiro atoms. The first-order valence-corrected chi connectivity index (χ1v) is 25.9. The van der Waals surface area contributed by atoms with Gasteiger partial charge in [0.2, 0.25) is 11.2 Å². The topological polar surface area (TPSA) is 60.7 Å². The number of fused-ring (bicyclic) bond motifs is 2. The second kappa shape index (κ2) is 36.1. The number of allylic oxidation sites excluding steroid dienone is 10. The monoisotopic (exact) mass is 1670 g/mol. The van der Waals surface area contributed by atoms with Crippen LogP contribution in [0, 0.1) is 41.4 Å². The molecule has 3 N–H and O–H groups in total. The summed E-state index contributed by atoms with van der Waals surface area (Å²) in [5, 5.41) is 25.8. The van der Waals surface area contributed by atoms with E-state index in [0.717, 1.165) is 32.4 Å². The smallest absolute Gasteiger partial charge is 0.423 e. The Labute approximate surface area is 531 Å². The number of halogens is 28. The zero-order chi connectivity index (χ0) is 55.1. The Bertz CT molecular complexity index is 1650. The van der Waals surface area contributed by atoms with E-state index in [-0.39, 0.29) is 154 Å². The number of aliphatic hydroxyl groups is 3. The van der Waals surface area contributed by atoms with E-state index in [1.165, 1.54) is 6.08 Å². The second-order valence-electron chi connectivity index (χ2n) is 13.6. The molecule has 0 aromatic heterocycles. The summed E-state index contributed by atoms with van der Waals surface area (Å²) in [6.45, 7) is 1.99. The van der Waals surface area contributed by atoms with Gasteiger partial charge in [-0.15, -0.1) is 46.1 Å². The Hall–Kier alpha value is 3.41. The average molecular weight is 1680 g/mol. The maximum Gasteiger partial charge on any atom is 0.423 e. The van der Waals surface area contributed by atoms with E-state index in [1.807, 2.05) is 0 Å². The van der Waals surface area contributed by atoms with Crippen molar-refractivity contribution in [1.82, 2.24) is 0 Å². The Kier molecular flexibility index (Phi) is 44.7. The predicted octanol–water partition coefficient (Wildman–Crippen LogP) is 17.0. The zero-order valence-electron chi connectivity index (χ0n) is 36.5. The average Bonchev–Trinajstić information content (AvgIpc) is 3.90. The van der Waals surface area contributed by atoms with Crippen molar-refractivity contribution in [3.63, 3.8) is 0 Å². The van der Waals surface area contributed by atoms with Crippen LogP contribution in [0.15, 0.2) is 53.2 Å². The third-order valence-electron chi connectivity index (χ3n) is 9.07. The summed E-state index contributed by atoms with van der Waals surface area (Å²) in [4.78, 5) is 0. The number of rotatable bonds is 6. The molecule has 0 amide bonds. The molecule has 3 aliphatic carbocycles. The Morgan fingerprint density at radius 2 is 0.903 bits per heavy atom. The fourth-order valence-electron chi connectivity index (χ4n) is 4.89. The summed E-state index contributed by atoms with van der Waals surface area (Å²) < 4.78 is 293. The van der Waals surface area contributed by atoms with Gasteiger partial charge in [-0.25, -0.2) is 0 Å². The number of aliphatic hydroxyl groups excluding tert-OH is 1. The minimum absolute atomic E-state index is 0. The molecule has 3 aliphatic rings. The second-order valence-corrected chi connectivity index (χ2v) is 29.5. The Balaban J connectivity index is -0.000000153. The largest absolute Gasteiger partial charge is 0.485 e. The van der Waals surface area contributed by atoms with Gasteiger partial charge in [0.1, 0.15) is 4.03 Å². The molecule has 4 radical (unpaired) electrons. The van der Waals surface area contributed by atoms with Crippen LogP contribution in [0.25, 0.3) is 0 Å². The van der Waals surface area contributed by atoms with Gasteiger partial charge in [0.05, 0.1) is 0 Å². The number of alkyl halides is 25. The normalized spacial score (nSPS) is 19.8. The summed E-state index contributed by atoms with van der Waals surface area (Å²) in [6.07, 6.45) is -31.5. The zero-order valence-corrected chi connectivity index (χ0v) is 55.1. The molecular weight excluding hydrogens is 1640 g/mol. The molecule has 0 heterocycles. The Morgan fingerprint density at radius 1 is 0.583 bits per heavy atom.